The fourth-order valence-electron chi connectivity index (χ4n) is 3.64. The molecular weight excluding hydrogens is 348 g/mol. The van der Waals surface area contributed by atoms with Gasteiger partial charge >= 0.3 is 0 Å². The molecule has 0 bridgehead atoms. The van der Waals surface area contributed by atoms with Gasteiger partial charge in [0, 0.05) is 23.2 Å². The van der Waals surface area contributed by atoms with Gasteiger partial charge in [0.05, 0.1) is 0 Å². The summed E-state index contributed by atoms with van der Waals surface area (Å²) in [6.45, 7) is 6.67. The van der Waals surface area contributed by atoms with Gasteiger partial charge in [0.1, 0.15) is 12.0 Å². The number of nitrogens with one attached hydrogen (secondary N) is 1. The van der Waals surface area contributed by atoms with Gasteiger partial charge in [-0.25, -0.2) is 4.98 Å². The van der Waals surface area contributed by atoms with E-state index in [0.29, 0.717) is 18.2 Å². The number of aryl methyl sites for hydroxylation is 3. The highest BCUT2D eigenvalue weighted by atomic mass is 16.3. The topological polar surface area (TPSA) is 55.1 Å². The summed E-state index contributed by atoms with van der Waals surface area (Å²) in [5.41, 5.74) is 7.54. The molecule has 2 heterocycles. The van der Waals surface area contributed by atoms with E-state index < -0.39 is 0 Å². The van der Waals surface area contributed by atoms with Gasteiger partial charge in [0.2, 0.25) is 11.8 Å². The minimum Gasteiger partial charge on any atom is -0.444 e. The number of fused-ring (bicyclic) bond motifs is 1. The average molecular weight is 374 g/mol. The summed E-state index contributed by atoms with van der Waals surface area (Å²) >= 11 is 0. The Kier molecular flexibility index (Phi) is 5.03. The number of oxazole rings is 1. The molecule has 144 valence electrons. The average Bonchev–Trinajstić information content (AvgIpc) is 3.16. The second-order valence-electron chi connectivity index (χ2n) is 8.03. The van der Waals surface area contributed by atoms with Crippen molar-refractivity contribution in [3.05, 3.63) is 59.4 Å². The number of aromatic nitrogens is 1. The van der Waals surface area contributed by atoms with Crippen molar-refractivity contribution in [2.24, 2.45) is 5.92 Å². The van der Waals surface area contributed by atoms with Crippen LogP contribution in [0.3, 0.4) is 0 Å². The first-order chi connectivity index (χ1) is 13.5. The maximum Gasteiger partial charge on any atom is 0.226 e. The van der Waals surface area contributed by atoms with Crippen molar-refractivity contribution >= 4 is 11.6 Å². The third-order valence-electron chi connectivity index (χ3n) is 5.38. The number of benzene rings is 2. The van der Waals surface area contributed by atoms with Crippen LogP contribution in [-0.4, -0.2) is 10.9 Å². The zero-order valence-electron chi connectivity index (χ0n) is 16.7. The summed E-state index contributed by atoms with van der Waals surface area (Å²) in [4.78, 5) is 16.2. The summed E-state index contributed by atoms with van der Waals surface area (Å²) in [5, 5.41) is 2.92. The van der Waals surface area contributed by atoms with E-state index in [2.05, 4.69) is 50.4 Å². The van der Waals surface area contributed by atoms with Crippen molar-refractivity contribution in [3.63, 3.8) is 0 Å². The fraction of sp³-hybridized carbons (Fsp3) is 0.333. The molecule has 4 rings (SSSR count). The Bertz CT molecular complexity index is 1020. The molecule has 4 heteroatoms. The number of carbonyl (C=O) groups excluding carboxylic acids is 1. The van der Waals surface area contributed by atoms with Crippen LogP contribution in [-0.2, 0) is 17.6 Å². The molecule has 0 radical (unpaired) electrons. The van der Waals surface area contributed by atoms with E-state index >= 15 is 0 Å². The number of hydrogen-bond donors (Lipinski definition) is 1. The van der Waals surface area contributed by atoms with Crippen LogP contribution < -0.4 is 5.32 Å². The Morgan fingerprint density at radius 3 is 2.71 bits per heavy atom. The summed E-state index contributed by atoms with van der Waals surface area (Å²) < 4.78 is 5.78. The number of amides is 1. The lowest BCUT2D eigenvalue weighted by atomic mass is 9.97. The maximum absolute atomic E-state index is 11.5. The number of rotatable bonds is 5. The lowest BCUT2D eigenvalue weighted by molar-refractivity contribution is -0.116. The molecule has 1 aliphatic heterocycles. The standard InChI is InChI=1S/C24H26N2O2/c1-15(2)4-5-17-6-7-20(12-16(17)3)24-26-22(14-28-24)19-8-10-21-18(13-19)9-11-23(27)25-21/h6-8,10,12-15H,4-5,9,11H2,1-3H3,(H,25,27). The highest BCUT2D eigenvalue weighted by Crippen LogP contribution is 2.30. The van der Waals surface area contributed by atoms with E-state index in [1.807, 2.05) is 12.1 Å². The van der Waals surface area contributed by atoms with Gasteiger partial charge in [0.15, 0.2) is 0 Å². The van der Waals surface area contributed by atoms with E-state index in [1.54, 1.807) is 6.26 Å². The van der Waals surface area contributed by atoms with E-state index in [4.69, 9.17) is 9.40 Å². The highest BCUT2D eigenvalue weighted by Gasteiger charge is 2.16. The lowest BCUT2D eigenvalue weighted by Gasteiger charge is -2.17. The van der Waals surface area contributed by atoms with Crippen LogP contribution in [0.25, 0.3) is 22.7 Å². The lowest BCUT2D eigenvalue weighted by Crippen LogP contribution is -2.18. The molecule has 4 nitrogen and oxygen atoms in total. The summed E-state index contributed by atoms with van der Waals surface area (Å²) in [6.07, 6.45) is 5.30. The van der Waals surface area contributed by atoms with E-state index in [1.165, 1.54) is 17.5 Å². The van der Waals surface area contributed by atoms with Crippen LogP contribution in [0, 0.1) is 12.8 Å². The van der Waals surface area contributed by atoms with Crippen molar-refractivity contribution in [2.75, 3.05) is 5.32 Å². The number of anilines is 1. The molecule has 0 atom stereocenters. The summed E-state index contributed by atoms with van der Waals surface area (Å²) in [6, 6.07) is 12.5. The Labute approximate surface area is 166 Å². The van der Waals surface area contributed by atoms with Crippen LogP contribution in [0.4, 0.5) is 5.69 Å². The van der Waals surface area contributed by atoms with E-state index in [0.717, 1.165) is 40.9 Å². The second kappa shape index (κ2) is 7.63. The third-order valence-corrected chi connectivity index (χ3v) is 5.38. The fourth-order valence-corrected chi connectivity index (χ4v) is 3.64. The minimum atomic E-state index is 0.0798. The molecule has 1 amide bonds. The first-order valence-corrected chi connectivity index (χ1v) is 9.98. The first kappa shape index (κ1) is 18.5. The third kappa shape index (κ3) is 3.86. The molecule has 2 aromatic carbocycles. The normalized spacial score (nSPS) is 13.5. The highest BCUT2D eigenvalue weighted by molar-refractivity contribution is 5.94. The van der Waals surface area contributed by atoms with Crippen molar-refractivity contribution in [1.29, 1.82) is 0 Å². The zero-order chi connectivity index (χ0) is 19.7. The van der Waals surface area contributed by atoms with Gasteiger partial charge in [-0.1, -0.05) is 26.0 Å². The predicted molar refractivity (Wildman–Crippen MR) is 112 cm³/mol. The molecule has 28 heavy (non-hydrogen) atoms. The largest absolute Gasteiger partial charge is 0.444 e. The Hall–Kier alpha value is -2.88. The molecule has 1 aromatic heterocycles. The monoisotopic (exact) mass is 374 g/mol. The molecule has 0 spiro atoms. The van der Waals surface area contributed by atoms with Crippen molar-refractivity contribution < 1.29 is 9.21 Å². The van der Waals surface area contributed by atoms with Gasteiger partial charge in [-0.2, -0.15) is 0 Å². The van der Waals surface area contributed by atoms with Crippen LogP contribution in [0.5, 0.6) is 0 Å². The van der Waals surface area contributed by atoms with Crippen molar-refractivity contribution in [1.82, 2.24) is 4.98 Å². The molecular formula is C24H26N2O2. The molecule has 3 aromatic rings. The van der Waals surface area contributed by atoms with Gasteiger partial charge in [-0.15, -0.1) is 0 Å². The number of carbonyl (C=O) groups is 1. The Morgan fingerprint density at radius 2 is 1.93 bits per heavy atom. The Balaban J connectivity index is 1.56. The maximum atomic E-state index is 11.5. The summed E-state index contributed by atoms with van der Waals surface area (Å²) in [5.74, 6) is 1.43. The second-order valence-corrected chi connectivity index (χ2v) is 8.03. The molecule has 0 saturated heterocycles. The number of hydrogen-bond acceptors (Lipinski definition) is 3. The quantitative estimate of drug-likeness (QED) is 0.615. The van der Waals surface area contributed by atoms with Crippen molar-refractivity contribution in [2.45, 2.75) is 46.5 Å². The summed E-state index contributed by atoms with van der Waals surface area (Å²) in [7, 11) is 0. The van der Waals surface area contributed by atoms with E-state index in [-0.39, 0.29) is 5.91 Å². The minimum absolute atomic E-state index is 0.0798. The Morgan fingerprint density at radius 1 is 1.11 bits per heavy atom. The molecule has 0 fully saturated rings. The van der Waals surface area contributed by atoms with Gasteiger partial charge < -0.3 is 9.73 Å². The molecule has 0 unspecified atom stereocenters. The first-order valence-electron chi connectivity index (χ1n) is 9.98. The van der Waals surface area contributed by atoms with Crippen molar-refractivity contribution in [3.8, 4) is 22.7 Å². The molecule has 0 aliphatic carbocycles. The predicted octanol–water partition coefficient (Wildman–Crippen LogP) is 5.79. The van der Waals surface area contributed by atoms with Gasteiger partial charge in [0.25, 0.3) is 0 Å². The molecule has 1 N–H and O–H groups in total. The zero-order valence-corrected chi connectivity index (χ0v) is 16.7. The molecule has 1 aliphatic rings. The van der Waals surface area contributed by atoms with Gasteiger partial charge in [-0.3, -0.25) is 4.79 Å². The smallest absolute Gasteiger partial charge is 0.226 e. The van der Waals surface area contributed by atoms with Crippen LogP contribution in [0.2, 0.25) is 0 Å². The van der Waals surface area contributed by atoms with Crippen LogP contribution in [0.15, 0.2) is 47.1 Å². The number of nitrogens with zero attached hydrogens (tertiary/aromatic N) is 1. The molecule has 0 saturated carbocycles. The van der Waals surface area contributed by atoms with Crippen LogP contribution in [0.1, 0.15) is 43.4 Å². The van der Waals surface area contributed by atoms with E-state index in [9.17, 15) is 4.79 Å². The SMILES string of the molecule is Cc1cc(-c2nc(-c3ccc4c(c3)CCC(=O)N4)co2)ccc1CCC(C)C. The van der Waals surface area contributed by atoms with Crippen LogP contribution >= 0.6 is 0 Å². The van der Waals surface area contributed by atoms with Gasteiger partial charge in [-0.05, 0) is 73.1 Å².